The number of anilines is 2. The highest BCUT2D eigenvalue weighted by Crippen LogP contribution is 2.49. The van der Waals surface area contributed by atoms with Crippen LogP contribution in [0.15, 0.2) is 47.4 Å². The first-order valence-corrected chi connectivity index (χ1v) is 11.9. The fraction of sp³-hybridized carbons (Fsp3) is 0.435. The molecular weight excluding hydrogens is 400 g/mol. The number of sulfonamides is 1. The molecule has 7 heteroatoms. The highest BCUT2D eigenvalue weighted by atomic mass is 32.2. The number of methoxy groups -OCH3 is 1. The minimum atomic E-state index is -3.79. The zero-order valence-electron chi connectivity index (χ0n) is 17.4. The summed E-state index contributed by atoms with van der Waals surface area (Å²) < 4.78 is 33.5. The minimum absolute atomic E-state index is 0.0390. The van der Waals surface area contributed by atoms with Crippen LogP contribution in [-0.4, -0.2) is 21.4 Å². The van der Waals surface area contributed by atoms with Crippen molar-refractivity contribution in [3.63, 3.8) is 0 Å². The Balaban J connectivity index is 1.45. The first kappa shape index (κ1) is 20.7. The van der Waals surface area contributed by atoms with E-state index >= 15 is 0 Å². The predicted molar refractivity (Wildman–Crippen MR) is 117 cm³/mol. The van der Waals surface area contributed by atoms with Crippen molar-refractivity contribution in [3.05, 3.63) is 48.0 Å². The highest BCUT2D eigenvalue weighted by Gasteiger charge is 2.40. The summed E-state index contributed by atoms with van der Waals surface area (Å²) >= 11 is 0. The maximum atomic E-state index is 12.9. The molecule has 1 amide bonds. The van der Waals surface area contributed by atoms with E-state index in [0.717, 1.165) is 12.3 Å². The molecule has 30 heavy (non-hydrogen) atoms. The Labute approximate surface area is 178 Å². The summed E-state index contributed by atoms with van der Waals surface area (Å²) in [6, 6.07) is 11.7. The second-order valence-electron chi connectivity index (χ2n) is 8.50. The number of nitrogens with one attached hydrogen (secondary N) is 2. The van der Waals surface area contributed by atoms with Gasteiger partial charge in [-0.25, -0.2) is 8.42 Å². The van der Waals surface area contributed by atoms with Crippen LogP contribution in [0.3, 0.4) is 0 Å². The Hall–Kier alpha value is -2.54. The molecule has 0 radical (unpaired) electrons. The number of aryl methyl sites for hydroxylation is 1. The summed E-state index contributed by atoms with van der Waals surface area (Å²) in [6.07, 6.45) is 5.48. The first-order valence-electron chi connectivity index (χ1n) is 10.4. The Morgan fingerprint density at radius 2 is 1.80 bits per heavy atom. The molecular formula is C23H28N2O4S. The van der Waals surface area contributed by atoms with Crippen LogP contribution in [0.4, 0.5) is 11.4 Å². The highest BCUT2D eigenvalue weighted by molar-refractivity contribution is 7.92. The van der Waals surface area contributed by atoms with Crippen LogP contribution in [0, 0.1) is 24.7 Å². The summed E-state index contributed by atoms with van der Waals surface area (Å²) in [7, 11) is -2.24. The van der Waals surface area contributed by atoms with Crippen LogP contribution in [0.25, 0.3) is 0 Å². The largest absolute Gasteiger partial charge is 0.497 e. The molecule has 0 aromatic heterocycles. The lowest BCUT2D eigenvalue weighted by atomic mass is 9.86. The van der Waals surface area contributed by atoms with E-state index in [1.165, 1.54) is 25.3 Å². The molecule has 2 fully saturated rings. The van der Waals surface area contributed by atoms with Crippen LogP contribution in [0.2, 0.25) is 0 Å². The quantitative estimate of drug-likeness (QED) is 0.677. The number of hydrogen-bond donors (Lipinski definition) is 2. The molecule has 2 aromatic rings. The van der Waals surface area contributed by atoms with E-state index in [1.807, 2.05) is 0 Å². The van der Waals surface area contributed by atoms with Crippen molar-refractivity contribution in [2.45, 2.75) is 43.9 Å². The number of hydrogen-bond acceptors (Lipinski definition) is 4. The van der Waals surface area contributed by atoms with Gasteiger partial charge in [-0.1, -0.05) is 12.5 Å². The molecule has 3 atom stereocenters. The van der Waals surface area contributed by atoms with Crippen molar-refractivity contribution in [3.8, 4) is 5.75 Å². The van der Waals surface area contributed by atoms with E-state index in [1.54, 1.807) is 50.4 Å². The Morgan fingerprint density at radius 3 is 2.43 bits per heavy atom. The van der Waals surface area contributed by atoms with Gasteiger partial charge in [0.25, 0.3) is 10.0 Å². The van der Waals surface area contributed by atoms with Crippen molar-refractivity contribution in [2.24, 2.45) is 17.8 Å². The standard InChI is InChI=1S/C23H28N2O4S/c1-15-3-6-20(24-23(26)13-18-12-16-4-5-17(18)11-16)14-22(15)30(27,28)25-19-7-9-21(29-2)10-8-19/h3,6-10,14,16-18,25H,4-5,11-13H2,1-2H3,(H,24,26). The van der Waals surface area contributed by atoms with Crippen LogP contribution in [0.5, 0.6) is 5.75 Å². The molecule has 2 N–H and O–H groups in total. The number of ether oxygens (including phenoxy) is 1. The lowest BCUT2D eigenvalue weighted by Crippen LogP contribution is -2.21. The Bertz CT molecular complexity index is 1030. The van der Waals surface area contributed by atoms with Crippen molar-refractivity contribution < 1.29 is 17.9 Å². The molecule has 6 nitrogen and oxygen atoms in total. The number of fused-ring (bicyclic) bond motifs is 2. The fourth-order valence-electron chi connectivity index (χ4n) is 4.91. The van der Waals surface area contributed by atoms with Crippen molar-refractivity contribution >= 4 is 27.3 Å². The van der Waals surface area contributed by atoms with Crippen LogP contribution in [0.1, 0.15) is 37.7 Å². The van der Waals surface area contributed by atoms with Crippen LogP contribution >= 0.6 is 0 Å². The lowest BCUT2D eigenvalue weighted by Gasteiger charge is -2.21. The SMILES string of the molecule is COc1ccc(NS(=O)(=O)c2cc(NC(=O)CC3CC4CCC3C4)ccc2C)cc1. The smallest absolute Gasteiger partial charge is 0.262 e. The fourth-order valence-corrected chi connectivity index (χ4v) is 6.24. The maximum absolute atomic E-state index is 12.9. The Morgan fingerprint density at radius 1 is 1.07 bits per heavy atom. The Kier molecular flexibility index (Phi) is 5.73. The summed E-state index contributed by atoms with van der Waals surface area (Å²) in [5, 5.41) is 2.90. The number of carbonyl (C=O) groups excluding carboxylic acids is 1. The third-order valence-electron chi connectivity index (χ3n) is 6.44. The predicted octanol–water partition coefficient (Wildman–Crippen LogP) is 4.57. The van der Waals surface area contributed by atoms with Crippen molar-refractivity contribution in [1.82, 2.24) is 0 Å². The molecule has 4 rings (SSSR count). The average molecular weight is 429 g/mol. The summed E-state index contributed by atoms with van der Waals surface area (Å²) in [6.45, 7) is 1.74. The molecule has 0 spiro atoms. The van der Waals surface area contributed by atoms with Crippen molar-refractivity contribution in [1.29, 1.82) is 0 Å². The summed E-state index contributed by atoms with van der Waals surface area (Å²) in [5.41, 5.74) is 1.56. The van der Waals surface area contributed by atoms with E-state index in [9.17, 15) is 13.2 Å². The molecule has 0 saturated heterocycles. The van der Waals surface area contributed by atoms with Gasteiger partial charge in [0.05, 0.1) is 12.0 Å². The molecule has 2 bridgehead atoms. The maximum Gasteiger partial charge on any atom is 0.262 e. The summed E-state index contributed by atoms with van der Waals surface area (Å²) in [5.74, 6) is 2.56. The van der Waals surface area contributed by atoms with Crippen molar-refractivity contribution in [2.75, 3.05) is 17.1 Å². The first-order chi connectivity index (χ1) is 14.3. The molecule has 2 aliphatic carbocycles. The van der Waals surface area contributed by atoms with Crippen LogP contribution in [-0.2, 0) is 14.8 Å². The van der Waals surface area contributed by atoms with Gasteiger partial charge >= 0.3 is 0 Å². The molecule has 2 aliphatic rings. The third kappa shape index (κ3) is 4.46. The van der Waals surface area contributed by atoms with Gasteiger partial charge in [-0.2, -0.15) is 0 Å². The summed E-state index contributed by atoms with van der Waals surface area (Å²) in [4.78, 5) is 12.7. The van der Waals surface area contributed by atoms with E-state index < -0.39 is 10.0 Å². The zero-order valence-corrected chi connectivity index (χ0v) is 18.2. The van der Waals surface area contributed by atoms with Gasteiger partial charge in [-0.05, 0) is 85.9 Å². The van der Waals surface area contributed by atoms with Gasteiger partial charge < -0.3 is 10.1 Å². The average Bonchev–Trinajstić information content (AvgIpc) is 3.33. The molecule has 3 unspecified atom stereocenters. The second-order valence-corrected chi connectivity index (χ2v) is 10.2. The molecule has 0 heterocycles. The van der Waals surface area contributed by atoms with E-state index in [0.29, 0.717) is 40.9 Å². The van der Waals surface area contributed by atoms with Gasteiger partial charge in [-0.15, -0.1) is 0 Å². The topological polar surface area (TPSA) is 84.5 Å². The third-order valence-corrected chi connectivity index (χ3v) is 7.96. The monoisotopic (exact) mass is 428 g/mol. The van der Waals surface area contributed by atoms with Gasteiger partial charge in [0.2, 0.25) is 5.91 Å². The molecule has 160 valence electrons. The minimum Gasteiger partial charge on any atom is -0.497 e. The van der Waals surface area contributed by atoms with E-state index in [2.05, 4.69) is 10.0 Å². The van der Waals surface area contributed by atoms with E-state index in [4.69, 9.17) is 4.74 Å². The number of benzene rings is 2. The van der Waals surface area contributed by atoms with E-state index in [-0.39, 0.29) is 10.8 Å². The lowest BCUT2D eigenvalue weighted by molar-refractivity contribution is -0.117. The number of carbonyl (C=O) groups is 1. The molecule has 0 aliphatic heterocycles. The van der Waals surface area contributed by atoms with Gasteiger partial charge in [0, 0.05) is 17.8 Å². The number of amides is 1. The van der Waals surface area contributed by atoms with Gasteiger partial charge in [0.1, 0.15) is 5.75 Å². The van der Waals surface area contributed by atoms with Crippen LogP contribution < -0.4 is 14.8 Å². The second kappa shape index (κ2) is 8.30. The zero-order chi connectivity index (χ0) is 21.3. The van der Waals surface area contributed by atoms with Gasteiger partial charge in [-0.3, -0.25) is 9.52 Å². The normalized spacial score (nSPS) is 22.7. The molecule has 2 aromatic carbocycles. The number of rotatable bonds is 7. The molecule has 2 saturated carbocycles. The van der Waals surface area contributed by atoms with Gasteiger partial charge in [0.15, 0.2) is 0 Å².